The molecular weight excluding hydrogens is 128 g/mol. The summed E-state index contributed by atoms with van der Waals surface area (Å²) >= 11 is 0. The fraction of sp³-hybridized carbons (Fsp3) is 1.00. The Morgan fingerprint density at radius 3 is 2.50 bits per heavy atom. The molecule has 0 bridgehead atoms. The minimum absolute atomic E-state index is 0. The van der Waals surface area contributed by atoms with E-state index in [1.165, 1.54) is 12.8 Å². The second-order valence-corrected chi connectivity index (χ2v) is 2.51. The lowest BCUT2D eigenvalue weighted by Gasteiger charge is -2.06. The molecule has 0 heterocycles. The summed E-state index contributed by atoms with van der Waals surface area (Å²) in [6.07, 6.45) is 2.51. The summed E-state index contributed by atoms with van der Waals surface area (Å²) in [6.45, 7) is 6.15. The van der Waals surface area contributed by atoms with E-state index in [2.05, 4.69) is 19.2 Å². The molecule has 0 aliphatic rings. The van der Waals surface area contributed by atoms with Crippen molar-refractivity contribution in [2.24, 2.45) is 11.7 Å². The summed E-state index contributed by atoms with van der Waals surface area (Å²) in [4.78, 5) is 0. The van der Waals surface area contributed by atoms with E-state index in [-0.39, 0.29) is 5.48 Å². The number of rotatable bonds is 5. The first-order valence-corrected chi connectivity index (χ1v) is 3.72. The minimum atomic E-state index is 0. The molecule has 0 aliphatic heterocycles. The smallest absolute Gasteiger partial charge is 0.0428 e. The standard InChI is InChI=1S/C7H18N2.H2O/c1-3-7(2)4-5-9-6-8;/h7,9H,3-6,8H2,1-2H3;1H2. The predicted molar refractivity (Wildman–Crippen MR) is 44.7 cm³/mol. The van der Waals surface area contributed by atoms with Crippen molar-refractivity contribution in [1.82, 2.24) is 5.32 Å². The fourth-order valence-corrected chi connectivity index (χ4v) is 0.655. The van der Waals surface area contributed by atoms with Crippen LogP contribution < -0.4 is 11.1 Å². The van der Waals surface area contributed by atoms with Crippen molar-refractivity contribution in [3.05, 3.63) is 0 Å². The van der Waals surface area contributed by atoms with Gasteiger partial charge in [0.15, 0.2) is 0 Å². The van der Waals surface area contributed by atoms with Crippen molar-refractivity contribution in [1.29, 1.82) is 0 Å². The Labute approximate surface area is 63.3 Å². The highest BCUT2D eigenvalue weighted by atomic mass is 16.0. The van der Waals surface area contributed by atoms with Crippen LogP contribution in [0.15, 0.2) is 0 Å². The summed E-state index contributed by atoms with van der Waals surface area (Å²) < 4.78 is 0. The van der Waals surface area contributed by atoms with E-state index in [9.17, 15) is 0 Å². The normalized spacial score (nSPS) is 12.3. The first-order chi connectivity index (χ1) is 4.31. The summed E-state index contributed by atoms with van der Waals surface area (Å²) in [5.41, 5.74) is 5.25. The third-order valence-corrected chi connectivity index (χ3v) is 1.66. The SMILES string of the molecule is CCC(C)CCNCN.O. The van der Waals surface area contributed by atoms with E-state index in [0.717, 1.165) is 12.5 Å². The van der Waals surface area contributed by atoms with Gasteiger partial charge in [0.25, 0.3) is 0 Å². The number of nitrogens with one attached hydrogen (secondary N) is 1. The molecule has 5 N–H and O–H groups in total. The maximum absolute atomic E-state index is 5.25. The molecule has 0 amide bonds. The topological polar surface area (TPSA) is 69.5 Å². The van der Waals surface area contributed by atoms with Crippen LogP contribution in [-0.2, 0) is 0 Å². The van der Waals surface area contributed by atoms with Gasteiger partial charge in [-0.05, 0) is 18.9 Å². The molecule has 0 fully saturated rings. The Hall–Kier alpha value is -0.120. The van der Waals surface area contributed by atoms with Gasteiger partial charge in [0.05, 0.1) is 0 Å². The average Bonchev–Trinajstić information content (AvgIpc) is 1.89. The molecule has 64 valence electrons. The maximum Gasteiger partial charge on any atom is 0.0428 e. The minimum Gasteiger partial charge on any atom is -0.412 e. The summed E-state index contributed by atoms with van der Waals surface area (Å²) in [5.74, 6) is 0.837. The lowest BCUT2D eigenvalue weighted by atomic mass is 10.1. The van der Waals surface area contributed by atoms with Crippen LogP contribution in [0.5, 0.6) is 0 Å². The highest BCUT2D eigenvalue weighted by Crippen LogP contribution is 2.03. The van der Waals surface area contributed by atoms with Gasteiger partial charge in [-0.1, -0.05) is 20.3 Å². The zero-order valence-electron chi connectivity index (χ0n) is 6.98. The molecule has 0 saturated carbocycles. The second kappa shape index (κ2) is 8.88. The molecule has 3 heteroatoms. The Morgan fingerprint density at radius 1 is 1.50 bits per heavy atom. The van der Waals surface area contributed by atoms with Crippen molar-refractivity contribution < 1.29 is 5.48 Å². The zero-order chi connectivity index (χ0) is 7.11. The molecular formula is C7H20N2O. The van der Waals surface area contributed by atoms with E-state index in [1.54, 1.807) is 0 Å². The predicted octanol–water partition coefficient (Wildman–Crippen LogP) is 0.104. The summed E-state index contributed by atoms with van der Waals surface area (Å²) in [5, 5.41) is 3.09. The van der Waals surface area contributed by atoms with Gasteiger partial charge in [0.1, 0.15) is 0 Å². The molecule has 0 saturated heterocycles. The average molecular weight is 148 g/mol. The molecule has 0 aliphatic carbocycles. The second-order valence-electron chi connectivity index (χ2n) is 2.51. The first-order valence-electron chi connectivity index (χ1n) is 3.72. The summed E-state index contributed by atoms with van der Waals surface area (Å²) in [6, 6.07) is 0. The molecule has 0 aromatic rings. The number of hydrogen-bond acceptors (Lipinski definition) is 2. The van der Waals surface area contributed by atoms with Crippen LogP contribution in [0.4, 0.5) is 0 Å². The van der Waals surface area contributed by atoms with Crippen molar-refractivity contribution in [2.75, 3.05) is 13.2 Å². The van der Waals surface area contributed by atoms with Crippen molar-refractivity contribution in [3.8, 4) is 0 Å². The molecule has 1 unspecified atom stereocenters. The molecule has 0 radical (unpaired) electrons. The molecule has 0 aromatic carbocycles. The van der Waals surface area contributed by atoms with Crippen molar-refractivity contribution >= 4 is 0 Å². The van der Waals surface area contributed by atoms with E-state index in [0.29, 0.717) is 6.67 Å². The number of nitrogens with two attached hydrogens (primary N) is 1. The Bertz CT molecular complexity index is 59.6. The van der Waals surface area contributed by atoms with Crippen LogP contribution in [-0.4, -0.2) is 18.7 Å². The third kappa shape index (κ3) is 7.88. The monoisotopic (exact) mass is 148 g/mol. The Kier molecular flexibility index (Phi) is 11.1. The lowest BCUT2D eigenvalue weighted by Crippen LogP contribution is -2.24. The summed E-state index contributed by atoms with van der Waals surface area (Å²) in [7, 11) is 0. The van der Waals surface area contributed by atoms with Gasteiger partial charge in [0, 0.05) is 6.67 Å². The van der Waals surface area contributed by atoms with Gasteiger partial charge < -0.3 is 16.5 Å². The molecule has 0 aromatic heterocycles. The molecule has 0 spiro atoms. The van der Waals surface area contributed by atoms with Gasteiger partial charge in [-0.3, -0.25) is 0 Å². The van der Waals surface area contributed by atoms with E-state index >= 15 is 0 Å². The lowest BCUT2D eigenvalue weighted by molar-refractivity contribution is 0.491. The maximum atomic E-state index is 5.25. The van der Waals surface area contributed by atoms with Crippen LogP contribution >= 0.6 is 0 Å². The third-order valence-electron chi connectivity index (χ3n) is 1.66. The Morgan fingerprint density at radius 2 is 2.10 bits per heavy atom. The highest BCUT2D eigenvalue weighted by molar-refractivity contribution is 4.51. The van der Waals surface area contributed by atoms with Gasteiger partial charge in [-0.2, -0.15) is 0 Å². The van der Waals surface area contributed by atoms with Crippen LogP contribution in [0.3, 0.4) is 0 Å². The number of hydrogen-bond donors (Lipinski definition) is 2. The first kappa shape index (κ1) is 12.5. The van der Waals surface area contributed by atoms with Crippen LogP contribution in [0.2, 0.25) is 0 Å². The highest BCUT2D eigenvalue weighted by Gasteiger charge is 1.95. The zero-order valence-corrected chi connectivity index (χ0v) is 6.98. The van der Waals surface area contributed by atoms with Crippen molar-refractivity contribution in [3.63, 3.8) is 0 Å². The van der Waals surface area contributed by atoms with Gasteiger partial charge >= 0.3 is 0 Å². The van der Waals surface area contributed by atoms with Crippen LogP contribution in [0, 0.1) is 5.92 Å². The van der Waals surface area contributed by atoms with Crippen LogP contribution in [0.25, 0.3) is 0 Å². The van der Waals surface area contributed by atoms with Gasteiger partial charge in [-0.25, -0.2) is 0 Å². The quantitative estimate of drug-likeness (QED) is 0.429. The van der Waals surface area contributed by atoms with Gasteiger partial charge in [-0.15, -0.1) is 0 Å². The van der Waals surface area contributed by atoms with E-state index in [4.69, 9.17) is 5.73 Å². The van der Waals surface area contributed by atoms with E-state index < -0.39 is 0 Å². The van der Waals surface area contributed by atoms with Gasteiger partial charge in [0.2, 0.25) is 0 Å². The van der Waals surface area contributed by atoms with Crippen molar-refractivity contribution in [2.45, 2.75) is 26.7 Å². The molecule has 1 atom stereocenters. The molecule has 0 rings (SSSR count). The fourth-order valence-electron chi connectivity index (χ4n) is 0.655. The molecule has 3 nitrogen and oxygen atoms in total. The largest absolute Gasteiger partial charge is 0.412 e. The van der Waals surface area contributed by atoms with Crippen LogP contribution in [0.1, 0.15) is 26.7 Å². The molecule has 10 heavy (non-hydrogen) atoms. The Balaban J connectivity index is 0. The van der Waals surface area contributed by atoms with E-state index in [1.807, 2.05) is 0 Å².